The zero-order valence-electron chi connectivity index (χ0n) is 22.7. The van der Waals surface area contributed by atoms with Gasteiger partial charge < -0.3 is 14.6 Å². The topological polar surface area (TPSA) is 103 Å². The Balaban J connectivity index is 1.42. The lowest BCUT2D eigenvalue weighted by Gasteiger charge is -2.34. The summed E-state index contributed by atoms with van der Waals surface area (Å²) >= 11 is 0. The van der Waals surface area contributed by atoms with Crippen molar-refractivity contribution < 1.29 is 19.4 Å². The first-order chi connectivity index (χ1) is 18.7. The van der Waals surface area contributed by atoms with E-state index in [1.54, 1.807) is 18.0 Å². The molecule has 1 aliphatic heterocycles. The van der Waals surface area contributed by atoms with Gasteiger partial charge in [-0.2, -0.15) is 0 Å². The van der Waals surface area contributed by atoms with Crippen LogP contribution in [0.2, 0.25) is 0 Å². The minimum Gasteiger partial charge on any atom is -0.494 e. The van der Waals surface area contributed by atoms with E-state index < -0.39 is 11.6 Å². The molecule has 9 nitrogen and oxygen atoms in total. The van der Waals surface area contributed by atoms with Gasteiger partial charge in [0.05, 0.1) is 13.5 Å². The van der Waals surface area contributed by atoms with Crippen LogP contribution in [-0.2, 0) is 18.4 Å². The SMILES string of the molecule is COc1cc(C(CC(=O)O)C2CC(N3Cc4cccnc4OC(C)(C)C3)c3ccccc32)cc2nnn(C)c12. The molecule has 3 heterocycles. The van der Waals surface area contributed by atoms with Gasteiger partial charge in [-0.05, 0) is 61.1 Å². The molecule has 0 saturated carbocycles. The predicted octanol–water partition coefficient (Wildman–Crippen LogP) is 4.83. The second-order valence-corrected chi connectivity index (χ2v) is 11.2. The van der Waals surface area contributed by atoms with Gasteiger partial charge in [-0.25, -0.2) is 9.67 Å². The zero-order valence-corrected chi connectivity index (χ0v) is 22.7. The number of aliphatic carboxylic acids is 1. The van der Waals surface area contributed by atoms with Gasteiger partial charge in [0.2, 0.25) is 5.88 Å². The van der Waals surface area contributed by atoms with E-state index in [1.165, 1.54) is 11.1 Å². The van der Waals surface area contributed by atoms with Gasteiger partial charge in [0.15, 0.2) is 0 Å². The van der Waals surface area contributed by atoms with Gasteiger partial charge in [0.25, 0.3) is 0 Å². The van der Waals surface area contributed by atoms with Crippen LogP contribution >= 0.6 is 0 Å². The number of aromatic nitrogens is 4. The lowest BCUT2D eigenvalue weighted by molar-refractivity contribution is -0.137. The summed E-state index contributed by atoms with van der Waals surface area (Å²) in [4.78, 5) is 19.2. The molecule has 0 spiro atoms. The van der Waals surface area contributed by atoms with Gasteiger partial charge >= 0.3 is 5.97 Å². The summed E-state index contributed by atoms with van der Waals surface area (Å²) in [5.41, 5.74) is 5.45. The fraction of sp³-hybridized carbons (Fsp3) is 0.400. The number of nitrogens with zero attached hydrogens (tertiary/aromatic N) is 5. The highest BCUT2D eigenvalue weighted by Crippen LogP contribution is 2.52. The predicted molar refractivity (Wildman–Crippen MR) is 146 cm³/mol. The first kappa shape index (κ1) is 25.3. The minimum atomic E-state index is -0.830. The number of methoxy groups -OCH3 is 1. The molecule has 9 heteroatoms. The largest absolute Gasteiger partial charge is 0.494 e. The van der Waals surface area contributed by atoms with Crippen molar-refractivity contribution in [2.24, 2.45) is 7.05 Å². The number of carboxylic acids is 1. The van der Waals surface area contributed by atoms with Gasteiger partial charge in [0.1, 0.15) is 22.4 Å². The number of pyridine rings is 1. The van der Waals surface area contributed by atoms with Crippen molar-refractivity contribution in [1.82, 2.24) is 24.9 Å². The van der Waals surface area contributed by atoms with E-state index in [2.05, 4.69) is 58.3 Å². The number of benzene rings is 2. The zero-order chi connectivity index (χ0) is 27.3. The quantitative estimate of drug-likeness (QED) is 0.380. The molecule has 1 N–H and O–H groups in total. The third-order valence-corrected chi connectivity index (χ3v) is 8.07. The molecule has 3 unspecified atom stereocenters. The number of carbonyl (C=O) groups is 1. The molecule has 3 atom stereocenters. The maximum Gasteiger partial charge on any atom is 0.303 e. The van der Waals surface area contributed by atoms with Crippen LogP contribution in [0.3, 0.4) is 0 Å². The van der Waals surface area contributed by atoms with Crippen molar-refractivity contribution in [1.29, 1.82) is 0 Å². The Morgan fingerprint density at radius 3 is 2.77 bits per heavy atom. The second kappa shape index (κ2) is 9.64. The Hall–Kier alpha value is -3.98. The first-order valence-electron chi connectivity index (χ1n) is 13.3. The van der Waals surface area contributed by atoms with E-state index in [9.17, 15) is 9.90 Å². The molecule has 0 bridgehead atoms. The third kappa shape index (κ3) is 4.61. The lowest BCUT2D eigenvalue weighted by Crippen LogP contribution is -2.41. The van der Waals surface area contributed by atoms with Crippen LogP contribution in [0.5, 0.6) is 11.6 Å². The van der Waals surface area contributed by atoms with Crippen LogP contribution in [0.15, 0.2) is 54.7 Å². The Bertz CT molecular complexity index is 1550. The van der Waals surface area contributed by atoms with Gasteiger partial charge in [-0.3, -0.25) is 9.69 Å². The lowest BCUT2D eigenvalue weighted by atomic mass is 9.80. The standard InChI is InChI=1S/C30H33N5O4/c1-30(2)17-35(16-18-8-7-11-31-29(18)39-30)25-14-23(20-9-5-6-10-21(20)25)22(15-27(36)37)19-12-24-28(26(13-19)38-4)34(3)33-32-24/h5-13,22-23,25H,14-17H2,1-4H3,(H,36,37). The molecule has 2 aromatic heterocycles. The fourth-order valence-electron chi connectivity index (χ4n) is 6.51. The minimum absolute atomic E-state index is 0.00165. The van der Waals surface area contributed by atoms with Crippen LogP contribution in [-0.4, -0.2) is 55.2 Å². The Morgan fingerprint density at radius 1 is 1.21 bits per heavy atom. The average Bonchev–Trinajstić information content (AvgIpc) is 3.43. The Morgan fingerprint density at radius 2 is 2.00 bits per heavy atom. The summed E-state index contributed by atoms with van der Waals surface area (Å²) in [6.07, 6.45) is 2.57. The molecule has 2 aliphatic rings. The average molecular weight is 528 g/mol. The monoisotopic (exact) mass is 527 g/mol. The molecule has 0 saturated heterocycles. The molecule has 39 heavy (non-hydrogen) atoms. The summed E-state index contributed by atoms with van der Waals surface area (Å²) < 4.78 is 13.7. The molecular weight excluding hydrogens is 494 g/mol. The van der Waals surface area contributed by atoms with E-state index in [0.717, 1.165) is 29.6 Å². The summed E-state index contributed by atoms with van der Waals surface area (Å²) in [6.45, 7) is 5.62. The number of hydrogen-bond acceptors (Lipinski definition) is 7. The molecule has 0 fully saturated rings. The highest BCUT2D eigenvalue weighted by molar-refractivity contribution is 5.82. The highest BCUT2D eigenvalue weighted by Gasteiger charge is 2.42. The van der Waals surface area contributed by atoms with Crippen LogP contribution in [0, 0.1) is 0 Å². The summed E-state index contributed by atoms with van der Waals surface area (Å²) in [5, 5.41) is 18.5. The van der Waals surface area contributed by atoms with Crippen molar-refractivity contribution in [2.75, 3.05) is 13.7 Å². The molecule has 4 aromatic rings. The van der Waals surface area contributed by atoms with E-state index in [-0.39, 0.29) is 24.3 Å². The molecule has 6 rings (SSSR count). The summed E-state index contributed by atoms with van der Waals surface area (Å²) in [5.74, 6) is 0.231. The van der Waals surface area contributed by atoms with E-state index in [4.69, 9.17) is 9.47 Å². The Labute approximate surface area is 227 Å². The van der Waals surface area contributed by atoms with Crippen LogP contribution in [0.1, 0.15) is 66.8 Å². The normalized spacial score (nSPS) is 21.0. The van der Waals surface area contributed by atoms with E-state index in [1.807, 2.05) is 31.3 Å². The molecule has 0 amide bonds. The number of rotatable bonds is 6. The number of fused-ring (bicyclic) bond motifs is 3. The molecular formula is C30H33N5O4. The molecule has 202 valence electrons. The Kier molecular flexibility index (Phi) is 6.26. The summed E-state index contributed by atoms with van der Waals surface area (Å²) in [7, 11) is 3.44. The van der Waals surface area contributed by atoms with Crippen molar-refractivity contribution in [3.05, 3.63) is 77.0 Å². The maximum atomic E-state index is 12.2. The number of aryl methyl sites for hydroxylation is 1. The van der Waals surface area contributed by atoms with Gasteiger partial charge in [-0.15, -0.1) is 5.10 Å². The van der Waals surface area contributed by atoms with Crippen LogP contribution in [0.4, 0.5) is 0 Å². The summed E-state index contributed by atoms with van der Waals surface area (Å²) in [6, 6.07) is 16.5. The van der Waals surface area contributed by atoms with E-state index >= 15 is 0 Å². The van der Waals surface area contributed by atoms with Crippen molar-refractivity contribution in [3.63, 3.8) is 0 Å². The number of hydrogen-bond donors (Lipinski definition) is 1. The van der Waals surface area contributed by atoms with E-state index in [0.29, 0.717) is 23.7 Å². The van der Waals surface area contributed by atoms with Crippen LogP contribution in [0.25, 0.3) is 11.0 Å². The second-order valence-electron chi connectivity index (χ2n) is 11.2. The highest BCUT2D eigenvalue weighted by atomic mass is 16.5. The first-order valence-corrected chi connectivity index (χ1v) is 13.3. The van der Waals surface area contributed by atoms with Crippen molar-refractivity contribution in [2.45, 2.75) is 56.7 Å². The number of carboxylic acid groups (broad SMARTS) is 1. The van der Waals surface area contributed by atoms with Crippen molar-refractivity contribution in [3.8, 4) is 11.6 Å². The fourth-order valence-corrected chi connectivity index (χ4v) is 6.51. The molecule has 2 aromatic carbocycles. The van der Waals surface area contributed by atoms with Crippen LogP contribution < -0.4 is 9.47 Å². The maximum absolute atomic E-state index is 12.2. The number of ether oxygens (including phenoxy) is 2. The van der Waals surface area contributed by atoms with Crippen molar-refractivity contribution >= 4 is 17.0 Å². The molecule has 1 aliphatic carbocycles. The third-order valence-electron chi connectivity index (χ3n) is 8.07. The van der Waals surface area contributed by atoms with Gasteiger partial charge in [0, 0.05) is 43.9 Å². The smallest absolute Gasteiger partial charge is 0.303 e. The van der Waals surface area contributed by atoms with Gasteiger partial charge in [-0.1, -0.05) is 35.5 Å². The molecule has 0 radical (unpaired) electrons.